The van der Waals surface area contributed by atoms with Crippen molar-refractivity contribution >= 4 is 16.9 Å². The minimum absolute atomic E-state index is 0.431. The molecule has 0 aliphatic heterocycles. The summed E-state index contributed by atoms with van der Waals surface area (Å²) in [5.41, 5.74) is 1.83. The largest absolute Gasteiger partial charge is 0.367 e. The molecule has 5 heteroatoms. The van der Waals surface area contributed by atoms with Crippen LogP contribution in [-0.2, 0) is 6.54 Å². The van der Waals surface area contributed by atoms with Crippen LogP contribution in [0, 0.1) is 0 Å². The maximum absolute atomic E-state index is 4.55. The van der Waals surface area contributed by atoms with Crippen LogP contribution in [0.3, 0.4) is 0 Å². The third-order valence-corrected chi connectivity index (χ3v) is 3.37. The second kappa shape index (κ2) is 5.91. The van der Waals surface area contributed by atoms with Gasteiger partial charge < -0.3 is 9.88 Å². The molecule has 0 aliphatic rings. The van der Waals surface area contributed by atoms with Crippen molar-refractivity contribution < 1.29 is 0 Å². The van der Waals surface area contributed by atoms with Gasteiger partial charge in [0.1, 0.15) is 11.6 Å². The van der Waals surface area contributed by atoms with Gasteiger partial charge >= 0.3 is 0 Å². The third kappa shape index (κ3) is 3.02. The Balaban J connectivity index is 1.65. The highest BCUT2D eigenvalue weighted by atomic mass is 15.1. The zero-order valence-electron chi connectivity index (χ0n) is 12.3. The Labute approximate surface area is 124 Å². The lowest BCUT2D eigenvalue weighted by atomic mass is 10.2. The van der Waals surface area contributed by atoms with Crippen LogP contribution in [0.25, 0.3) is 11.0 Å². The summed E-state index contributed by atoms with van der Waals surface area (Å²) in [5, 5.41) is 3.32. The Morgan fingerprint density at radius 1 is 1.14 bits per heavy atom. The Morgan fingerprint density at radius 2 is 1.95 bits per heavy atom. The number of nitrogens with zero attached hydrogens (tertiary/aromatic N) is 4. The Bertz CT molecular complexity index is 732. The van der Waals surface area contributed by atoms with Gasteiger partial charge in [-0.15, -0.1) is 0 Å². The predicted octanol–water partition coefficient (Wildman–Crippen LogP) is 3.06. The number of rotatable bonds is 5. The zero-order chi connectivity index (χ0) is 14.7. The number of aromatic nitrogens is 4. The number of imidazole rings is 1. The number of benzene rings is 1. The molecule has 3 aromatic rings. The summed E-state index contributed by atoms with van der Waals surface area (Å²) in [5.74, 6) is 2.35. The van der Waals surface area contributed by atoms with Gasteiger partial charge in [0.25, 0.3) is 0 Å². The molecule has 0 fully saturated rings. The van der Waals surface area contributed by atoms with Gasteiger partial charge in [-0.25, -0.2) is 9.97 Å². The van der Waals surface area contributed by atoms with E-state index < -0.39 is 0 Å². The van der Waals surface area contributed by atoms with Crippen molar-refractivity contribution in [3.63, 3.8) is 0 Å². The van der Waals surface area contributed by atoms with E-state index in [4.69, 9.17) is 0 Å². The van der Waals surface area contributed by atoms with Gasteiger partial charge in [0.05, 0.1) is 17.2 Å². The summed E-state index contributed by atoms with van der Waals surface area (Å²) in [6.45, 7) is 5.97. The van der Waals surface area contributed by atoms with Crippen LogP contribution in [0.4, 0.5) is 5.82 Å². The molecule has 0 saturated heterocycles. The minimum atomic E-state index is 0.431. The topological polar surface area (TPSA) is 55.6 Å². The van der Waals surface area contributed by atoms with Gasteiger partial charge in [0, 0.05) is 31.4 Å². The molecule has 1 N–H and O–H groups in total. The van der Waals surface area contributed by atoms with Gasteiger partial charge in [0.2, 0.25) is 0 Å². The second-order valence-corrected chi connectivity index (χ2v) is 5.30. The highest BCUT2D eigenvalue weighted by molar-refractivity contribution is 5.75. The van der Waals surface area contributed by atoms with Crippen LogP contribution >= 0.6 is 0 Å². The maximum Gasteiger partial charge on any atom is 0.145 e. The fourth-order valence-electron chi connectivity index (χ4n) is 2.36. The van der Waals surface area contributed by atoms with Gasteiger partial charge in [0.15, 0.2) is 0 Å². The van der Waals surface area contributed by atoms with Crippen molar-refractivity contribution in [2.75, 3.05) is 11.9 Å². The van der Waals surface area contributed by atoms with Crippen molar-refractivity contribution in [1.29, 1.82) is 0 Å². The van der Waals surface area contributed by atoms with E-state index in [0.717, 1.165) is 35.8 Å². The second-order valence-electron chi connectivity index (χ2n) is 5.30. The number of nitrogens with one attached hydrogen (secondary N) is 1. The summed E-state index contributed by atoms with van der Waals surface area (Å²) in [7, 11) is 0. The molecule has 0 atom stereocenters. The summed E-state index contributed by atoms with van der Waals surface area (Å²) < 4.78 is 2.17. The molecule has 0 bridgehead atoms. The van der Waals surface area contributed by atoms with E-state index in [0.29, 0.717) is 5.92 Å². The first-order valence-corrected chi connectivity index (χ1v) is 7.21. The normalized spacial score (nSPS) is 11.2. The molecular formula is C16H19N5. The smallest absolute Gasteiger partial charge is 0.145 e. The number of para-hydroxylation sites is 2. The predicted molar refractivity (Wildman–Crippen MR) is 84.3 cm³/mol. The quantitative estimate of drug-likeness (QED) is 0.781. The fourth-order valence-corrected chi connectivity index (χ4v) is 2.36. The third-order valence-electron chi connectivity index (χ3n) is 3.37. The first-order chi connectivity index (χ1) is 10.2. The first-order valence-electron chi connectivity index (χ1n) is 7.21. The Morgan fingerprint density at radius 3 is 2.76 bits per heavy atom. The van der Waals surface area contributed by atoms with Crippen LogP contribution in [0.2, 0.25) is 0 Å². The molecule has 2 aromatic heterocycles. The number of hydrogen-bond donors (Lipinski definition) is 1. The van der Waals surface area contributed by atoms with Gasteiger partial charge in [-0.2, -0.15) is 0 Å². The van der Waals surface area contributed by atoms with E-state index in [1.165, 1.54) is 0 Å². The van der Waals surface area contributed by atoms with E-state index in [9.17, 15) is 0 Å². The highest BCUT2D eigenvalue weighted by Crippen LogP contribution is 2.13. The van der Waals surface area contributed by atoms with Crippen molar-refractivity contribution in [1.82, 2.24) is 19.5 Å². The lowest BCUT2D eigenvalue weighted by Gasteiger charge is -2.11. The van der Waals surface area contributed by atoms with Crippen molar-refractivity contribution in [2.45, 2.75) is 26.3 Å². The first kappa shape index (κ1) is 13.5. The van der Waals surface area contributed by atoms with E-state index in [2.05, 4.69) is 38.7 Å². The Hall–Kier alpha value is -2.43. The molecule has 0 radical (unpaired) electrons. The SMILES string of the molecule is CC(C)c1nccn1CCNc1cnc2ccccc2n1. The molecule has 108 valence electrons. The number of fused-ring (bicyclic) bond motifs is 1. The van der Waals surface area contributed by atoms with Crippen LogP contribution in [-0.4, -0.2) is 26.1 Å². The van der Waals surface area contributed by atoms with Crippen molar-refractivity contribution in [2.24, 2.45) is 0 Å². The van der Waals surface area contributed by atoms with E-state index >= 15 is 0 Å². The van der Waals surface area contributed by atoms with Crippen molar-refractivity contribution in [3.8, 4) is 0 Å². The molecular weight excluding hydrogens is 262 g/mol. The molecule has 2 heterocycles. The molecule has 21 heavy (non-hydrogen) atoms. The molecule has 1 aromatic carbocycles. The lowest BCUT2D eigenvalue weighted by Crippen LogP contribution is -2.13. The molecule has 0 saturated carbocycles. The van der Waals surface area contributed by atoms with Crippen LogP contribution < -0.4 is 5.32 Å². The summed E-state index contributed by atoms with van der Waals surface area (Å²) in [6, 6.07) is 7.88. The van der Waals surface area contributed by atoms with Gasteiger partial charge in [-0.05, 0) is 12.1 Å². The molecule has 5 nitrogen and oxygen atoms in total. The Kier molecular flexibility index (Phi) is 3.81. The van der Waals surface area contributed by atoms with Crippen molar-refractivity contribution in [3.05, 3.63) is 48.7 Å². The van der Waals surface area contributed by atoms with Crippen LogP contribution in [0.15, 0.2) is 42.9 Å². The number of hydrogen-bond acceptors (Lipinski definition) is 4. The van der Waals surface area contributed by atoms with E-state index in [1.54, 1.807) is 6.20 Å². The zero-order valence-corrected chi connectivity index (χ0v) is 12.3. The van der Waals surface area contributed by atoms with Gasteiger partial charge in [-0.3, -0.25) is 4.98 Å². The fraction of sp³-hybridized carbons (Fsp3) is 0.312. The average molecular weight is 281 g/mol. The highest BCUT2D eigenvalue weighted by Gasteiger charge is 2.06. The lowest BCUT2D eigenvalue weighted by molar-refractivity contribution is 0.636. The maximum atomic E-state index is 4.55. The molecule has 3 rings (SSSR count). The minimum Gasteiger partial charge on any atom is -0.367 e. The van der Waals surface area contributed by atoms with Crippen LogP contribution in [0.1, 0.15) is 25.6 Å². The molecule has 0 unspecified atom stereocenters. The number of anilines is 1. The molecule has 0 aliphatic carbocycles. The van der Waals surface area contributed by atoms with Gasteiger partial charge in [-0.1, -0.05) is 26.0 Å². The standard InChI is InChI=1S/C16H19N5/c1-12(2)16-18-8-10-21(16)9-7-17-15-11-19-13-5-3-4-6-14(13)20-15/h3-6,8,10-12H,7,9H2,1-2H3,(H,17,20). The van der Waals surface area contributed by atoms with E-state index in [1.807, 2.05) is 36.7 Å². The van der Waals surface area contributed by atoms with Crippen LogP contribution in [0.5, 0.6) is 0 Å². The summed E-state index contributed by atoms with van der Waals surface area (Å²) in [6.07, 6.45) is 5.65. The average Bonchev–Trinajstić information content (AvgIpc) is 2.96. The summed E-state index contributed by atoms with van der Waals surface area (Å²) >= 11 is 0. The molecule has 0 spiro atoms. The summed E-state index contributed by atoms with van der Waals surface area (Å²) in [4.78, 5) is 13.3. The molecule has 0 amide bonds. The monoisotopic (exact) mass is 281 g/mol. The van der Waals surface area contributed by atoms with E-state index in [-0.39, 0.29) is 0 Å².